The number of rotatable bonds is 6. The Morgan fingerprint density at radius 1 is 0.554 bits per heavy atom. The fourth-order valence-corrected chi connectivity index (χ4v) is 13.6. The molecule has 8 unspecified atom stereocenters. The topological polar surface area (TPSA) is 108 Å². The number of ether oxygens (including phenoxy) is 2. The van der Waals surface area contributed by atoms with E-state index in [1.165, 1.54) is 66.8 Å². The zero-order chi connectivity index (χ0) is 35.9. The Morgan fingerprint density at radius 3 is 1.21 bits per heavy atom. The van der Waals surface area contributed by atoms with Crippen molar-refractivity contribution in [2.24, 2.45) is 0 Å². The number of carbonyl (C=O) groups is 1. The van der Waals surface area contributed by atoms with Gasteiger partial charge in [-0.15, -0.1) is 0 Å². The fraction of sp³-hybridized carbons (Fsp3) is 0.326. The van der Waals surface area contributed by atoms with Crippen molar-refractivity contribution in [3.8, 4) is 11.5 Å². The predicted molar refractivity (Wildman–Crippen MR) is 196 cm³/mol. The maximum atomic E-state index is 12.9. The molecule has 5 aromatic rings. The SMILES string of the molecule is CCOC(=O)COc1c2c(c(OP(=O)([O-])[O-])c3c1C1CC3c3cc4c(cc31)C1CC4c3ccccc31)C1CC2c2cc3c(cc21)C1CC3c2ccccc21.[Na+].[Na+]. The summed E-state index contributed by atoms with van der Waals surface area (Å²) in [4.78, 5) is 38.4. The minimum atomic E-state index is -5.45. The third-order valence-electron chi connectivity index (χ3n) is 14.8. The first-order chi connectivity index (χ1) is 26.3. The molecule has 0 saturated heterocycles. The molecule has 5 aromatic carbocycles. The van der Waals surface area contributed by atoms with E-state index < -0.39 is 13.8 Å². The van der Waals surface area contributed by atoms with Crippen LogP contribution in [0.15, 0.2) is 72.8 Å². The number of phosphoric ester groups is 1. The van der Waals surface area contributed by atoms with Gasteiger partial charge in [-0.2, -0.15) is 0 Å². The van der Waals surface area contributed by atoms with E-state index in [1.807, 2.05) is 0 Å². The van der Waals surface area contributed by atoms with Crippen LogP contribution in [0.4, 0.5) is 0 Å². The fourth-order valence-electron chi connectivity index (χ4n) is 13.1. The van der Waals surface area contributed by atoms with Crippen LogP contribution in [-0.4, -0.2) is 19.2 Å². The monoisotopic (exact) mass is 776 g/mol. The van der Waals surface area contributed by atoms with Crippen LogP contribution in [0, 0.1) is 0 Å². The summed E-state index contributed by atoms with van der Waals surface area (Å²) < 4.78 is 30.4. The quantitative estimate of drug-likeness (QED) is 0.147. The Morgan fingerprint density at radius 2 is 0.875 bits per heavy atom. The Bertz CT molecular complexity index is 2510. The van der Waals surface area contributed by atoms with E-state index in [1.54, 1.807) is 6.92 Å². The van der Waals surface area contributed by atoms with E-state index in [0.717, 1.165) is 47.9 Å². The molecular weight excluding hydrogens is 741 g/mol. The molecule has 0 saturated carbocycles. The number of hydrogen-bond donors (Lipinski definition) is 0. The van der Waals surface area contributed by atoms with Crippen LogP contribution >= 0.6 is 7.82 Å². The molecule has 0 spiro atoms. The van der Waals surface area contributed by atoms with Crippen molar-refractivity contribution in [1.29, 1.82) is 0 Å². The molecule has 8 atom stereocenters. The Hall–Kier alpha value is -2.68. The van der Waals surface area contributed by atoms with Gasteiger partial charge in [0.25, 0.3) is 0 Å². The van der Waals surface area contributed by atoms with E-state index in [0.29, 0.717) is 29.4 Å². The van der Waals surface area contributed by atoms with Gasteiger partial charge in [-0.1, -0.05) is 72.8 Å². The summed E-state index contributed by atoms with van der Waals surface area (Å²) in [5.41, 5.74) is 19.3. The van der Waals surface area contributed by atoms with E-state index in [-0.39, 0.29) is 102 Å². The maximum absolute atomic E-state index is 12.9. The average molecular weight is 777 g/mol. The number of fused-ring (bicyclic) bond motifs is 32. The summed E-state index contributed by atoms with van der Waals surface area (Å²) in [6, 6.07) is 27.1. The second-order valence-corrected chi connectivity index (χ2v) is 17.9. The largest absolute Gasteiger partial charge is 1.00 e. The van der Waals surface area contributed by atoms with Crippen LogP contribution in [0.3, 0.4) is 0 Å². The molecule has 0 aromatic heterocycles. The van der Waals surface area contributed by atoms with Gasteiger partial charge in [0.15, 0.2) is 6.61 Å². The summed E-state index contributed by atoms with van der Waals surface area (Å²) in [5, 5.41) is 0. The first-order valence-corrected chi connectivity index (χ1v) is 21.0. The molecule has 0 heterocycles. The predicted octanol–water partition coefficient (Wildman–Crippen LogP) is 1.77. The maximum Gasteiger partial charge on any atom is 1.00 e. The second-order valence-electron chi connectivity index (χ2n) is 16.8. The Balaban J connectivity index is 0.00000181. The zero-order valence-corrected chi connectivity index (χ0v) is 36.5. The molecule has 0 radical (unpaired) electrons. The standard InChI is InChI=1S/C46H37O7P.2Na/c1-2-51-40(47)19-52-45-41-36-17-38(34-15-30-26-11-24(28(30)13-32(34)36)20-7-3-5-9-22(20)26)43(41)46(53-54(48,49)50)44-39-18-37(42(44)45)33-14-29-25-12-27(31(29)16-35(33)39)23-10-6-4-8-21(23)25;;/h3-10,13-16,24-27,36-39H,2,11-12,17-19H2,1H3,(H2,48,49,50);;/q;2*+1/p-2. The molecule has 56 heavy (non-hydrogen) atoms. The molecule has 7 nitrogen and oxygen atoms in total. The van der Waals surface area contributed by atoms with Crippen molar-refractivity contribution in [3.63, 3.8) is 0 Å². The first kappa shape index (κ1) is 36.4. The molecule has 13 rings (SSSR count). The third-order valence-corrected chi connectivity index (χ3v) is 15.2. The zero-order valence-electron chi connectivity index (χ0n) is 31.6. The number of carbonyl (C=O) groups excluding carboxylic acids is 1. The van der Waals surface area contributed by atoms with Gasteiger partial charge in [-0.3, -0.25) is 0 Å². The number of benzene rings is 5. The van der Waals surface area contributed by atoms with Crippen molar-refractivity contribution in [3.05, 3.63) is 162 Å². The van der Waals surface area contributed by atoms with E-state index in [4.69, 9.17) is 14.0 Å². The molecule has 8 aliphatic carbocycles. The van der Waals surface area contributed by atoms with Gasteiger partial charge < -0.3 is 28.3 Å². The molecule has 0 N–H and O–H groups in total. The van der Waals surface area contributed by atoms with Crippen LogP contribution < -0.4 is 78.2 Å². The summed E-state index contributed by atoms with van der Waals surface area (Å²) in [7, 11) is -5.45. The molecule has 0 amide bonds. The van der Waals surface area contributed by atoms with Crippen molar-refractivity contribution >= 4 is 13.8 Å². The van der Waals surface area contributed by atoms with Crippen molar-refractivity contribution in [2.75, 3.05) is 13.2 Å². The minimum absolute atomic E-state index is 0. The molecular formula is C46H35Na2O7P. The minimum Gasteiger partial charge on any atom is -0.780 e. The van der Waals surface area contributed by atoms with Crippen LogP contribution in [-0.2, 0) is 14.1 Å². The van der Waals surface area contributed by atoms with Gasteiger partial charge in [0.1, 0.15) is 19.3 Å². The van der Waals surface area contributed by atoms with Crippen LogP contribution in [0.5, 0.6) is 11.5 Å². The summed E-state index contributed by atoms with van der Waals surface area (Å²) in [6.45, 7) is 1.78. The van der Waals surface area contributed by atoms with Crippen LogP contribution in [0.25, 0.3) is 0 Å². The van der Waals surface area contributed by atoms with Crippen LogP contribution in [0.1, 0.15) is 169 Å². The van der Waals surface area contributed by atoms with Crippen molar-refractivity contribution in [1.82, 2.24) is 0 Å². The number of hydrogen-bond acceptors (Lipinski definition) is 7. The van der Waals surface area contributed by atoms with Gasteiger partial charge in [-0.05, 0) is 99.4 Å². The summed E-state index contributed by atoms with van der Waals surface area (Å²) >= 11 is 0. The second kappa shape index (κ2) is 12.4. The van der Waals surface area contributed by atoms with Gasteiger partial charge in [0, 0.05) is 69.6 Å². The van der Waals surface area contributed by atoms with Crippen molar-refractivity contribution in [2.45, 2.75) is 80.0 Å². The number of esters is 1. The van der Waals surface area contributed by atoms with Gasteiger partial charge >= 0.3 is 65.1 Å². The third kappa shape index (κ3) is 4.59. The van der Waals surface area contributed by atoms with Crippen molar-refractivity contribution < 1.29 is 92.3 Å². The summed E-state index contributed by atoms with van der Waals surface area (Å²) in [6.07, 6.45) is 3.63. The van der Waals surface area contributed by atoms with Gasteiger partial charge in [0.2, 0.25) is 0 Å². The summed E-state index contributed by atoms with van der Waals surface area (Å²) in [5.74, 6) is 1.41. The van der Waals surface area contributed by atoms with Gasteiger partial charge in [0.05, 0.1) is 6.61 Å². The molecule has 0 fully saturated rings. The first-order valence-electron chi connectivity index (χ1n) is 19.5. The average Bonchev–Trinajstić information content (AvgIpc) is 4.04. The smallest absolute Gasteiger partial charge is 0.780 e. The molecule has 8 aliphatic rings. The van der Waals surface area contributed by atoms with Gasteiger partial charge in [-0.25, -0.2) is 4.79 Å². The normalized spacial score (nSPS) is 26.9. The molecule has 268 valence electrons. The van der Waals surface area contributed by atoms with E-state index in [2.05, 4.69) is 72.8 Å². The Labute approximate surface area is 369 Å². The van der Waals surface area contributed by atoms with E-state index in [9.17, 15) is 19.1 Å². The molecule has 10 heteroatoms. The molecule has 0 aliphatic heterocycles. The Kier molecular flexibility index (Phi) is 8.08. The molecule has 8 bridgehead atoms. The number of phosphoric acid groups is 1. The van der Waals surface area contributed by atoms with Crippen LogP contribution in [0.2, 0.25) is 0 Å². The van der Waals surface area contributed by atoms with E-state index >= 15 is 0 Å².